The lowest BCUT2D eigenvalue weighted by atomic mass is 10.1. The van der Waals surface area contributed by atoms with Crippen molar-refractivity contribution in [3.05, 3.63) is 63.7 Å². The Kier molecular flexibility index (Phi) is 5.11. The van der Waals surface area contributed by atoms with Crippen LogP contribution < -0.4 is 4.74 Å². The number of nitro groups is 1. The molecule has 114 valence electrons. The number of ether oxygens (including phenoxy) is 1. The van der Waals surface area contributed by atoms with E-state index in [1.807, 2.05) is 30.3 Å². The number of rotatable bonds is 6. The second-order valence-corrected chi connectivity index (χ2v) is 4.99. The minimum atomic E-state index is -0.754. The average Bonchev–Trinajstić information content (AvgIpc) is 2.53. The van der Waals surface area contributed by atoms with Crippen LogP contribution in [-0.2, 0) is 6.61 Å². The number of carbonyl (C=O) groups is 1. The molecule has 7 heteroatoms. The molecule has 0 aliphatic rings. The third-order valence-corrected chi connectivity index (χ3v) is 3.44. The molecule has 2 aromatic rings. The molecule has 22 heavy (non-hydrogen) atoms. The SMILES string of the molecule is O=C(CBr)c1cc(OCc2ccccc2)cc([N+](=O)[O-])c1O. The molecule has 0 amide bonds. The number of aromatic hydroxyl groups is 1. The van der Waals surface area contributed by atoms with E-state index >= 15 is 0 Å². The van der Waals surface area contributed by atoms with Crippen LogP contribution in [0.2, 0.25) is 0 Å². The number of halogens is 1. The molecule has 0 heterocycles. The molecule has 2 rings (SSSR count). The van der Waals surface area contributed by atoms with Crippen LogP contribution in [0.5, 0.6) is 11.5 Å². The summed E-state index contributed by atoms with van der Waals surface area (Å²) < 4.78 is 5.49. The number of phenolic OH excluding ortho intramolecular Hbond substituents is 1. The number of carbonyl (C=O) groups excluding carboxylic acids is 1. The lowest BCUT2D eigenvalue weighted by molar-refractivity contribution is -0.386. The molecule has 0 spiro atoms. The zero-order chi connectivity index (χ0) is 16.1. The highest BCUT2D eigenvalue weighted by atomic mass is 79.9. The van der Waals surface area contributed by atoms with Crippen molar-refractivity contribution in [2.45, 2.75) is 6.61 Å². The zero-order valence-electron chi connectivity index (χ0n) is 11.4. The molecule has 2 aromatic carbocycles. The van der Waals surface area contributed by atoms with E-state index in [0.717, 1.165) is 11.6 Å². The van der Waals surface area contributed by atoms with E-state index in [9.17, 15) is 20.0 Å². The van der Waals surface area contributed by atoms with Gasteiger partial charge >= 0.3 is 5.69 Å². The van der Waals surface area contributed by atoms with Crippen LogP contribution in [0.15, 0.2) is 42.5 Å². The Morgan fingerprint density at radius 3 is 2.55 bits per heavy atom. The van der Waals surface area contributed by atoms with Gasteiger partial charge in [0, 0.05) is 0 Å². The molecule has 0 saturated heterocycles. The molecule has 0 fully saturated rings. The van der Waals surface area contributed by atoms with Crippen molar-refractivity contribution >= 4 is 27.4 Å². The van der Waals surface area contributed by atoms with E-state index in [4.69, 9.17) is 4.74 Å². The van der Waals surface area contributed by atoms with Gasteiger partial charge in [0.25, 0.3) is 0 Å². The van der Waals surface area contributed by atoms with E-state index in [1.165, 1.54) is 6.07 Å². The Labute approximate surface area is 134 Å². The zero-order valence-corrected chi connectivity index (χ0v) is 12.9. The third kappa shape index (κ3) is 3.62. The van der Waals surface area contributed by atoms with Crippen LogP contribution in [0.3, 0.4) is 0 Å². The number of ketones is 1. The topological polar surface area (TPSA) is 89.7 Å². The van der Waals surface area contributed by atoms with Crippen LogP contribution in [0.25, 0.3) is 0 Å². The summed E-state index contributed by atoms with van der Waals surface area (Å²) >= 11 is 2.98. The second kappa shape index (κ2) is 7.04. The summed E-state index contributed by atoms with van der Waals surface area (Å²) in [6.45, 7) is 0.199. The molecule has 0 bridgehead atoms. The maximum atomic E-state index is 11.8. The molecule has 6 nitrogen and oxygen atoms in total. The Hall–Kier alpha value is -2.41. The first kappa shape index (κ1) is 16.0. The van der Waals surface area contributed by atoms with E-state index in [0.29, 0.717) is 0 Å². The Morgan fingerprint density at radius 1 is 1.27 bits per heavy atom. The van der Waals surface area contributed by atoms with Crippen LogP contribution in [-0.4, -0.2) is 21.1 Å². The van der Waals surface area contributed by atoms with Crippen LogP contribution in [0, 0.1) is 10.1 Å². The molecule has 1 N–H and O–H groups in total. The molecule has 0 aliphatic carbocycles. The fourth-order valence-electron chi connectivity index (χ4n) is 1.84. The normalized spacial score (nSPS) is 10.2. The number of phenols is 1. The van der Waals surface area contributed by atoms with Gasteiger partial charge in [0.05, 0.1) is 21.9 Å². The number of Topliss-reactive ketones (excluding diaryl/α,β-unsaturated/α-hetero) is 1. The van der Waals surface area contributed by atoms with Gasteiger partial charge in [-0.3, -0.25) is 14.9 Å². The van der Waals surface area contributed by atoms with Gasteiger partial charge in [-0.05, 0) is 11.6 Å². The predicted molar refractivity (Wildman–Crippen MR) is 83.7 cm³/mol. The lowest BCUT2D eigenvalue weighted by Crippen LogP contribution is -2.04. The summed E-state index contributed by atoms with van der Waals surface area (Å²) in [5, 5.41) is 20.8. The number of hydrogen-bond donors (Lipinski definition) is 1. The Balaban J connectivity index is 2.33. The highest BCUT2D eigenvalue weighted by Crippen LogP contribution is 2.35. The van der Waals surface area contributed by atoms with Gasteiger partial charge in [-0.25, -0.2) is 0 Å². The van der Waals surface area contributed by atoms with Gasteiger partial charge in [0.1, 0.15) is 12.4 Å². The monoisotopic (exact) mass is 365 g/mol. The quantitative estimate of drug-likeness (QED) is 0.366. The standard InChI is InChI=1S/C15H12BrNO5/c16-8-14(18)12-6-11(7-13(15(12)19)17(20)21)22-9-10-4-2-1-3-5-10/h1-7,19H,8-9H2. The van der Waals surface area contributed by atoms with Gasteiger partial charge < -0.3 is 9.84 Å². The molecule has 0 unspecified atom stereocenters. The summed E-state index contributed by atoms with van der Waals surface area (Å²) in [5.41, 5.74) is 0.176. The number of nitrogens with zero attached hydrogens (tertiary/aromatic N) is 1. The largest absolute Gasteiger partial charge is 0.502 e. The van der Waals surface area contributed by atoms with Gasteiger partial charge in [0.2, 0.25) is 5.75 Å². The molecule has 0 saturated carbocycles. The van der Waals surface area contributed by atoms with Gasteiger partial charge in [-0.1, -0.05) is 46.3 Å². The summed E-state index contributed by atoms with van der Waals surface area (Å²) in [6.07, 6.45) is 0. The Bertz CT molecular complexity index is 703. The molecule has 0 aliphatic heterocycles. The Morgan fingerprint density at radius 2 is 1.95 bits per heavy atom. The maximum Gasteiger partial charge on any atom is 0.315 e. The van der Waals surface area contributed by atoms with Crippen molar-refractivity contribution in [1.29, 1.82) is 0 Å². The number of nitro benzene ring substituents is 1. The van der Waals surface area contributed by atoms with Gasteiger partial charge in [0.15, 0.2) is 5.78 Å². The second-order valence-electron chi connectivity index (χ2n) is 4.43. The molecular formula is C15H12BrNO5. The summed E-state index contributed by atoms with van der Waals surface area (Å²) in [6, 6.07) is 11.6. The first-order valence-electron chi connectivity index (χ1n) is 6.30. The van der Waals surface area contributed by atoms with Crippen molar-refractivity contribution in [3.63, 3.8) is 0 Å². The predicted octanol–water partition coefficient (Wildman–Crippen LogP) is 3.46. The van der Waals surface area contributed by atoms with E-state index in [2.05, 4.69) is 15.9 Å². The summed E-state index contributed by atoms with van der Waals surface area (Å²) in [4.78, 5) is 22.0. The van der Waals surface area contributed by atoms with Crippen molar-refractivity contribution < 1.29 is 19.6 Å². The van der Waals surface area contributed by atoms with E-state index in [1.54, 1.807) is 0 Å². The first-order valence-corrected chi connectivity index (χ1v) is 7.42. The smallest absolute Gasteiger partial charge is 0.315 e. The van der Waals surface area contributed by atoms with Crippen molar-refractivity contribution in [1.82, 2.24) is 0 Å². The number of benzene rings is 2. The summed E-state index contributed by atoms with van der Waals surface area (Å²) in [7, 11) is 0. The van der Waals surface area contributed by atoms with Crippen LogP contribution in [0.4, 0.5) is 5.69 Å². The molecule has 0 aromatic heterocycles. The van der Waals surface area contributed by atoms with Crippen LogP contribution >= 0.6 is 15.9 Å². The number of hydrogen-bond acceptors (Lipinski definition) is 5. The van der Waals surface area contributed by atoms with Crippen molar-refractivity contribution in [3.8, 4) is 11.5 Å². The fourth-order valence-corrected chi connectivity index (χ4v) is 2.14. The average molecular weight is 366 g/mol. The highest BCUT2D eigenvalue weighted by Gasteiger charge is 2.23. The fraction of sp³-hybridized carbons (Fsp3) is 0.133. The minimum Gasteiger partial charge on any atom is -0.502 e. The van der Waals surface area contributed by atoms with Crippen molar-refractivity contribution in [2.24, 2.45) is 0 Å². The van der Waals surface area contributed by atoms with Crippen LogP contribution in [0.1, 0.15) is 15.9 Å². The molecule has 0 radical (unpaired) electrons. The first-order chi connectivity index (χ1) is 10.5. The molecule has 0 atom stereocenters. The highest BCUT2D eigenvalue weighted by molar-refractivity contribution is 9.09. The maximum absolute atomic E-state index is 11.8. The van der Waals surface area contributed by atoms with E-state index in [-0.39, 0.29) is 23.2 Å². The van der Waals surface area contributed by atoms with Crippen molar-refractivity contribution in [2.75, 3.05) is 5.33 Å². The van der Waals surface area contributed by atoms with Gasteiger partial charge in [-0.15, -0.1) is 0 Å². The molecular weight excluding hydrogens is 354 g/mol. The van der Waals surface area contributed by atoms with Gasteiger partial charge in [-0.2, -0.15) is 0 Å². The lowest BCUT2D eigenvalue weighted by Gasteiger charge is -2.09. The number of alkyl halides is 1. The summed E-state index contributed by atoms with van der Waals surface area (Å²) in [5.74, 6) is -0.968. The van der Waals surface area contributed by atoms with E-state index < -0.39 is 22.1 Å². The minimum absolute atomic E-state index is 0.0557. The third-order valence-electron chi connectivity index (χ3n) is 2.93.